The van der Waals surface area contributed by atoms with E-state index in [-0.39, 0.29) is 0 Å². The van der Waals surface area contributed by atoms with Gasteiger partial charge >= 0.3 is 0 Å². The van der Waals surface area contributed by atoms with Crippen LogP contribution in [0.1, 0.15) is 5.56 Å². The van der Waals surface area contributed by atoms with Crippen LogP contribution in [-0.2, 0) is 14.2 Å². The van der Waals surface area contributed by atoms with Gasteiger partial charge in [-0.2, -0.15) is 0 Å². The largest absolute Gasteiger partial charge is 0.491 e. The number of methoxy groups -OCH3 is 1. The van der Waals surface area contributed by atoms with Crippen molar-refractivity contribution in [2.75, 3.05) is 46.8 Å². The topological polar surface area (TPSA) is 36.9 Å². The molecule has 6 heteroatoms. The van der Waals surface area contributed by atoms with Crippen LogP contribution in [0.25, 0.3) is 0 Å². The summed E-state index contributed by atoms with van der Waals surface area (Å²) in [4.78, 5) is 0. The van der Waals surface area contributed by atoms with Crippen LogP contribution in [-0.4, -0.2) is 46.8 Å². The summed E-state index contributed by atoms with van der Waals surface area (Å²) in [5.74, 6) is 3.85. The normalized spacial score (nSPS) is 10.0. The van der Waals surface area contributed by atoms with Gasteiger partial charge in [-0.1, -0.05) is 5.92 Å². The molecule has 21 heavy (non-hydrogen) atoms. The maximum absolute atomic E-state index is 5.57. The molecule has 0 spiro atoms. The van der Waals surface area contributed by atoms with E-state index in [1.165, 1.54) is 8.93 Å². The lowest BCUT2D eigenvalue weighted by atomic mass is 10.2. The minimum Gasteiger partial charge on any atom is -0.491 e. The van der Waals surface area contributed by atoms with Crippen LogP contribution in [0.15, 0.2) is 24.3 Å². The van der Waals surface area contributed by atoms with Gasteiger partial charge in [-0.3, -0.25) is 0 Å². The zero-order valence-electron chi connectivity index (χ0n) is 12.0. The second kappa shape index (κ2) is 13.2. The lowest BCUT2D eigenvalue weighted by molar-refractivity contribution is 0.0180. The highest BCUT2D eigenvalue weighted by Gasteiger charge is 1.95. The summed E-state index contributed by atoms with van der Waals surface area (Å²) in [5.41, 5.74) is 0.982. The number of halogens is 1. The molecule has 0 aliphatic rings. The summed E-state index contributed by atoms with van der Waals surface area (Å²) in [7, 11) is 3.12. The summed E-state index contributed by atoms with van der Waals surface area (Å²) in [5, 5.41) is 2.94. The Kier molecular flexibility index (Phi) is 11.7. The van der Waals surface area contributed by atoms with Crippen molar-refractivity contribution < 1.29 is 18.9 Å². The fourth-order valence-corrected chi connectivity index (χ4v) is 1.88. The summed E-state index contributed by atoms with van der Waals surface area (Å²) in [6, 6.07) is 7.71. The number of benzene rings is 1. The molecule has 116 valence electrons. The van der Waals surface area contributed by atoms with Gasteiger partial charge in [0.2, 0.25) is 0 Å². The van der Waals surface area contributed by atoms with Crippen molar-refractivity contribution in [3.63, 3.8) is 0 Å². The summed E-state index contributed by atoms with van der Waals surface area (Å²) >= 11 is 2.15. The van der Waals surface area contributed by atoms with Crippen molar-refractivity contribution in [1.29, 1.82) is 0 Å². The van der Waals surface area contributed by atoms with Gasteiger partial charge in [0.05, 0.1) is 33.0 Å². The molecule has 0 atom stereocenters. The molecular formula is C15H19IO4S. The first-order valence-electron chi connectivity index (χ1n) is 6.52. The van der Waals surface area contributed by atoms with Gasteiger partial charge in [-0.05, 0) is 38.5 Å². The van der Waals surface area contributed by atoms with E-state index in [4.69, 9.17) is 18.9 Å². The smallest absolute Gasteiger partial charge is 0.119 e. The standard InChI is InChI=1S/C15H19IO4S/c1-17-7-8-18-9-10-19-11-12-20-15-4-2-14(3-5-15)6-13-21-16/h2-5H,7-12H2,1H3. The van der Waals surface area contributed by atoms with Crippen LogP contribution in [0.4, 0.5) is 0 Å². The molecule has 0 N–H and O–H groups in total. The van der Waals surface area contributed by atoms with Crippen LogP contribution in [0.5, 0.6) is 5.75 Å². The highest BCUT2D eigenvalue weighted by atomic mass is 127. The van der Waals surface area contributed by atoms with E-state index >= 15 is 0 Å². The minimum absolute atomic E-state index is 0.521. The molecule has 0 radical (unpaired) electrons. The number of ether oxygens (including phenoxy) is 4. The van der Waals surface area contributed by atoms with Crippen LogP contribution in [0.2, 0.25) is 0 Å². The predicted molar refractivity (Wildman–Crippen MR) is 93.9 cm³/mol. The molecule has 1 aromatic carbocycles. The molecule has 1 aromatic rings. The third-order valence-corrected chi connectivity index (χ3v) is 3.23. The van der Waals surface area contributed by atoms with Crippen LogP contribution >= 0.6 is 30.1 Å². The van der Waals surface area contributed by atoms with Crippen molar-refractivity contribution in [3.05, 3.63) is 29.8 Å². The number of hydrogen-bond acceptors (Lipinski definition) is 5. The van der Waals surface area contributed by atoms with Gasteiger partial charge in [0.1, 0.15) is 12.4 Å². The maximum atomic E-state index is 5.57. The Bertz CT molecular complexity index is 428. The van der Waals surface area contributed by atoms with E-state index in [1.807, 2.05) is 24.3 Å². The van der Waals surface area contributed by atoms with Crippen LogP contribution in [0, 0.1) is 11.2 Å². The van der Waals surface area contributed by atoms with E-state index in [2.05, 4.69) is 32.4 Å². The monoisotopic (exact) mass is 422 g/mol. The van der Waals surface area contributed by atoms with Crippen molar-refractivity contribution in [2.24, 2.45) is 0 Å². The first-order valence-corrected chi connectivity index (χ1v) is 9.88. The van der Waals surface area contributed by atoms with Gasteiger partial charge < -0.3 is 18.9 Å². The van der Waals surface area contributed by atoms with E-state index in [9.17, 15) is 0 Å². The Balaban J connectivity index is 2.05. The fourth-order valence-electron chi connectivity index (χ4n) is 1.40. The molecule has 0 fully saturated rings. The molecule has 0 aliphatic heterocycles. The number of rotatable bonds is 10. The first-order chi connectivity index (χ1) is 10.4. The summed E-state index contributed by atoms with van der Waals surface area (Å²) < 4.78 is 21.1. The Morgan fingerprint density at radius 3 is 2.19 bits per heavy atom. The van der Waals surface area contributed by atoms with Crippen molar-refractivity contribution in [1.82, 2.24) is 0 Å². The average Bonchev–Trinajstić information content (AvgIpc) is 2.52. The molecule has 0 aromatic heterocycles. The Labute approximate surface area is 142 Å². The van der Waals surface area contributed by atoms with Gasteiger partial charge in [-0.15, -0.1) is 0 Å². The SMILES string of the molecule is COCCOCCOCCOc1ccc(C#CSI)cc1. The lowest BCUT2D eigenvalue weighted by Gasteiger charge is -2.07. The van der Waals surface area contributed by atoms with Crippen molar-refractivity contribution >= 4 is 30.1 Å². The Hall–Kier alpha value is -0.460. The number of hydrogen-bond donors (Lipinski definition) is 0. The Morgan fingerprint density at radius 2 is 1.57 bits per heavy atom. The first kappa shape index (κ1) is 18.6. The zero-order valence-corrected chi connectivity index (χ0v) is 14.9. The van der Waals surface area contributed by atoms with Gasteiger partial charge in [0.25, 0.3) is 0 Å². The molecule has 4 nitrogen and oxygen atoms in total. The molecule has 0 amide bonds. The zero-order chi connectivity index (χ0) is 15.2. The second-order valence-corrected chi connectivity index (χ2v) is 5.57. The molecule has 0 saturated heterocycles. The third-order valence-electron chi connectivity index (χ3n) is 2.39. The molecule has 0 unspecified atom stereocenters. The molecular weight excluding hydrogens is 403 g/mol. The van der Waals surface area contributed by atoms with Crippen molar-refractivity contribution in [3.8, 4) is 16.9 Å². The van der Waals surface area contributed by atoms with E-state index in [0.717, 1.165) is 11.3 Å². The van der Waals surface area contributed by atoms with Crippen LogP contribution < -0.4 is 4.74 Å². The van der Waals surface area contributed by atoms with Crippen molar-refractivity contribution in [2.45, 2.75) is 0 Å². The van der Waals surface area contributed by atoms with Gasteiger partial charge in [-0.25, -0.2) is 0 Å². The predicted octanol–water partition coefficient (Wildman–Crippen LogP) is 3.14. The lowest BCUT2D eigenvalue weighted by Crippen LogP contribution is -2.12. The quantitative estimate of drug-likeness (QED) is 0.329. The van der Waals surface area contributed by atoms with Gasteiger partial charge in [0.15, 0.2) is 0 Å². The van der Waals surface area contributed by atoms with E-state index < -0.39 is 0 Å². The average molecular weight is 422 g/mol. The highest BCUT2D eigenvalue weighted by Crippen LogP contribution is 2.12. The molecule has 0 aliphatic carbocycles. The summed E-state index contributed by atoms with van der Waals surface area (Å²) in [6.45, 7) is 3.41. The van der Waals surface area contributed by atoms with Crippen LogP contribution in [0.3, 0.4) is 0 Å². The molecule has 0 heterocycles. The maximum Gasteiger partial charge on any atom is 0.119 e. The molecule has 1 rings (SSSR count). The van der Waals surface area contributed by atoms with Gasteiger partial charge in [0, 0.05) is 33.9 Å². The van der Waals surface area contributed by atoms with E-state index in [0.29, 0.717) is 39.6 Å². The Morgan fingerprint density at radius 1 is 0.952 bits per heavy atom. The fraction of sp³-hybridized carbons (Fsp3) is 0.467. The highest BCUT2D eigenvalue weighted by molar-refractivity contribution is 14.2. The summed E-state index contributed by atoms with van der Waals surface area (Å²) in [6.07, 6.45) is 0. The molecule has 0 saturated carbocycles. The molecule has 0 bridgehead atoms. The third kappa shape index (κ3) is 9.98. The second-order valence-electron chi connectivity index (χ2n) is 3.89. The van der Waals surface area contributed by atoms with E-state index in [1.54, 1.807) is 7.11 Å². The minimum atomic E-state index is 0.521.